The van der Waals surface area contributed by atoms with Crippen molar-refractivity contribution in [3.05, 3.63) is 0 Å². The molecule has 0 aliphatic heterocycles. The zero-order valence-corrected chi connectivity index (χ0v) is 9.49. The first-order valence-electron chi connectivity index (χ1n) is 4.91. The molecule has 1 heteroatoms. The molecule has 0 N–H and O–H groups in total. The first kappa shape index (κ1) is 15.0. The van der Waals surface area contributed by atoms with Crippen LogP contribution < -0.4 is 0 Å². The maximum absolute atomic E-state index is 2.27. The molecule has 0 bridgehead atoms. The fourth-order valence-corrected chi connectivity index (χ4v) is 1.21. The summed E-state index contributed by atoms with van der Waals surface area (Å²) in [5, 5.41) is 0. The topological polar surface area (TPSA) is 0 Å². The molecule has 0 rings (SSSR count). The van der Waals surface area contributed by atoms with E-state index in [4.69, 9.17) is 0 Å². The van der Waals surface area contributed by atoms with Crippen LogP contribution in [0.15, 0.2) is 0 Å². The van der Waals surface area contributed by atoms with Crippen molar-refractivity contribution in [1.29, 1.82) is 0 Å². The van der Waals surface area contributed by atoms with Crippen LogP contribution in [0.3, 0.4) is 0 Å². The monoisotopic (exact) mass is 226 g/mol. The van der Waals surface area contributed by atoms with Gasteiger partial charge >= 0.3 is 0 Å². The second-order valence-electron chi connectivity index (χ2n) is 3.12. The molecule has 0 amide bonds. The molecule has 0 aliphatic rings. The van der Waals surface area contributed by atoms with E-state index in [1.807, 2.05) is 0 Å². The molecule has 11 heavy (non-hydrogen) atoms. The Morgan fingerprint density at radius 1 is 0.545 bits per heavy atom. The van der Waals surface area contributed by atoms with Crippen molar-refractivity contribution in [3.63, 3.8) is 0 Å². The van der Waals surface area contributed by atoms with E-state index in [0.29, 0.717) is 0 Å². The summed E-state index contributed by atoms with van der Waals surface area (Å²) in [6.45, 7) is 4.54. The van der Waals surface area contributed by atoms with Gasteiger partial charge in [-0.05, 0) is 0 Å². The number of hydrogen-bond acceptors (Lipinski definition) is 0. The first-order valence-corrected chi connectivity index (χ1v) is 4.91. The van der Waals surface area contributed by atoms with Crippen LogP contribution in [0.5, 0.6) is 0 Å². The van der Waals surface area contributed by atoms with Gasteiger partial charge in [-0.15, -0.1) is 0 Å². The van der Waals surface area contributed by atoms with Crippen LogP contribution in [0, 0.1) is 45.5 Å². The van der Waals surface area contributed by atoms with Gasteiger partial charge in [0.2, 0.25) is 0 Å². The van der Waals surface area contributed by atoms with Crippen LogP contribution in [0.2, 0.25) is 0 Å². The zero-order valence-electron chi connectivity index (χ0n) is 8.01. The van der Waals surface area contributed by atoms with E-state index in [9.17, 15) is 0 Å². The van der Waals surface area contributed by atoms with Crippen molar-refractivity contribution in [2.75, 3.05) is 0 Å². The first-order chi connectivity index (χ1) is 4.91. The Hall–Kier alpha value is 1.48. The third-order valence-corrected chi connectivity index (χ3v) is 1.96. The SMILES string of the molecule is CCCCCCCCCC.[Kr]. The Morgan fingerprint density at radius 2 is 0.818 bits per heavy atom. The van der Waals surface area contributed by atoms with E-state index >= 15 is 0 Å². The van der Waals surface area contributed by atoms with Crippen LogP contribution in [0.25, 0.3) is 0 Å². The van der Waals surface area contributed by atoms with Crippen molar-refractivity contribution in [2.24, 2.45) is 0 Å². The van der Waals surface area contributed by atoms with Crippen molar-refractivity contribution < 1.29 is 45.5 Å². The van der Waals surface area contributed by atoms with E-state index in [-0.39, 0.29) is 45.5 Å². The van der Waals surface area contributed by atoms with Gasteiger partial charge in [0.1, 0.15) is 0 Å². The zero-order chi connectivity index (χ0) is 7.66. The van der Waals surface area contributed by atoms with E-state index in [1.54, 1.807) is 0 Å². The average molecular weight is 226 g/mol. The summed E-state index contributed by atoms with van der Waals surface area (Å²) in [5.74, 6) is 0. The Balaban J connectivity index is 0. The largest absolute Gasteiger partial charge is 0.0654 e. The molecule has 0 aromatic carbocycles. The van der Waals surface area contributed by atoms with Crippen LogP contribution in [-0.2, 0) is 0 Å². The van der Waals surface area contributed by atoms with Gasteiger partial charge in [-0.25, -0.2) is 0 Å². The maximum atomic E-state index is 2.27. The third-order valence-electron chi connectivity index (χ3n) is 1.96. The van der Waals surface area contributed by atoms with E-state index in [1.165, 1.54) is 51.4 Å². The summed E-state index contributed by atoms with van der Waals surface area (Å²) < 4.78 is 0. The van der Waals surface area contributed by atoms with Crippen molar-refractivity contribution in [2.45, 2.75) is 65.2 Å². The molecule has 0 atom stereocenters. The predicted octanol–water partition coefficient (Wildman–Crippen LogP) is 4.15. The normalized spacial score (nSPS) is 9.27. The molecule has 0 saturated carbocycles. The molecule has 0 spiro atoms. The standard InChI is InChI=1S/C10H22.Kr/c1-3-5-7-9-10-8-6-4-2;/h3-10H2,1-2H3;. The van der Waals surface area contributed by atoms with Gasteiger partial charge in [0.25, 0.3) is 0 Å². The van der Waals surface area contributed by atoms with Gasteiger partial charge in [-0.2, -0.15) is 0 Å². The molecule has 70 valence electrons. The maximum Gasteiger partial charge on any atom is 0 e. The Labute approximate surface area is 109 Å². The Kier molecular flexibility index (Phi) is 19.1. The minimum atomic E-state index is 0. The summed E-state index contributed by atoms with van der Waals surface area (Å²) >= 11 is 0. The summed E-state index contributed by atoms with van der Waals surface area (Å²) in [6.07, 6.45) is 11.5. The second-order valence-corrected chi connectivity index (χ2v) is 3.12. The molecule has 0 fully saturated rings. The summed E-state index contributed by atoms with van der Waals surface area (Å²) in [7, 11) is 0. The smallest absolute Gasteiger partial charge is 0 e. The molecule has 0 unspecified atom stereocenters. The molecule has 0 saturated heterocycles. The van der Waals surface area contributed by atoms with Gasteiger partial charge in [0.05, 0.1) is 0 Å². The Bertz CT molecular complexity index is 44.8. The van der Waals surface area contributed by atoms with Gasteiger partial charge in [0.15, 0.2) is 0 Å². The molecule has 0 heterocycles. The fourth-order valence-electron chi connectivity index (χ4n) is 1.21. The number of rotatable bonds is 7. The molecular weight excluding hydrogens is 204 g/mol. The molecule has 0 aromatic heterocycles. The van der Waals surface area contributed by atoms with Gasteiger partial charge < -0.3 is 0 Å². The molecule has 0 aromatic rings. The van der Waals surface area contributed by atoms with Gasteiger partial charge in [-0.3, -0.25) is 0 Å². The van der Waals surface area contributed by atoms with Crippen LogP contribution in [0.4, 0.5) is 0 Å². The van der Waals surface area contributed by atoms with E-state index in [0.717, 1.165) is 0 Å². The van der Waals surface area contributed by atoms with Crippen LogP contribution >= 0.6 is 0 Å². The summed E-state index contributed by atoms with van der Waals surface area (Å²) in [5.41, 5.74) is 0. The van der Waals surface area contributed by atoms with Crippen LogP contribution in [0.1, 0.15) is 65.2 Å². The number of hydrogen-bond donors (Lipinski definition) is 0. The molecule has 0 radical (unpaired) electrons. The molecular formula is C10H22Kr. The van der Waals surface area contributed by atoms with E-state index < -0.39 is 0 Å². The minimum absolute atomic E-state index is 0. The third kappa shape index (κ3) is 14.3. The Morgan fingerprint density at radius 3 is 1.09 bits per heavy atom. The summed E-state index contributed by atoms with van der Waals surface area (Å²) in [6, 6.07) is 0. The minimum Gasteiger partial charge on any atom is -0.0654 e. The van der Waals surface area contributed by atoms with Crippen molar-refractivity contribution in [3.8, 4) is 0 Å². The summed E-state index contributed by atoms with van der Waals surface area (Å²) in [4.78, 5) is 0. The van der Waals surface area contributed by atoms with Crippen molar-refractivity contribution >= 4 is 0 Å². The van der Waals surface area contributed by atoms with Crippen molar-refractivity contribution in [1.82, 2.24) is 0 Å². The average Bonchev–Trinajstić information content (AvgIpc) is 1.97. The molecule has 0 aliphatic carbocycles. The van der Waals surface area contributed by atoms with Gasteiger partial charge in [-0.1, -0.05) is 65.2 Å². The molecule has 0 nitrogen and oxygen atoms in total. The second kappa shape index (κ2) is 14.0. The van der Waals surface area contributed by atoms with E-state index in [2.05, 4.69) is 13.8 Å². The van der Waals surface area contributed by atoms with Gasteiger partial charge in [0, 0.05) is 45.5 Å². The predicted molar refractivity (Wildman–Crippen MR) is 48.3 cm³/mol. The fraction of sp³-hybridized carbons (Fsp3) is 1.00. The quantitative estimate of drug-likeness (QED) is 0.572. The van der Waals surface area contributed by atoms with Crippen LogP contribution in [-0.4, -0.2) is 0 Å². The number of unbranched alkanes of at least 4 members (excludes halogenated alkanes) is 7.